The van der Waals surface area contributed by atoms with E-state index in [4.69, 9.17) is 0 Å². The van der Waals surface area contributed by atoms with Crippen LogP contribution in [0.25, 0.3) is 10.9 Å². The lowest BCUT2D eigenvalue weighted by Crippen LogP contribution is -2.51. The summed E-state index contributed by atoms with van der Waals surface area (Å²) in [6.07, 6.45) is 2.64. The number of nitrogens with one attached hydrogen (secondary N) is 4. The summed E-state index contributed by atoms with van der Waals surface area (Å²) in [6, 6.07) is 17.1. The minimum Gasteiger partial charge on any atom is -0.361 e. The van der Waals surface area contributed by atoms with Gasteiger partial charge in [0, 0.05) is 23.6 Å². The van der Waals surface area contributed by atoms with Crippen LogP contribution >= 0.6 is 0 Å². The third kappa shape index (κ3) is 4.95. The van der Waals surface area contributed by atoms with Crippen molar-refractivity contribution in [3.05, 3.63) is 71.9 Å². The molecular weight excluding hydrogens is 340 g/mol. The van der Waals surface area contributed by atoms with Crippen LogP contribution in [0.1, 0.15) is 24.5 Å². The molecule has 0 aliphatic rings. The zero-order chi connectivity index (χ0) is 19.1. The summed E-state index contributed by atoms with van der Waals surface area (Å²) in [5.41, 5.74) is 8.45. The van der Waals surface area contributed by atoms with Crippen molar-refractivity contribution in [3.8, 4) is 0 Å². The van der Waals surface area contributed by atoms with Crippen LogP contribution in [0.5, 0.6) is 0 Å². The van der Waals surface area contributed by atoms with E-state index in [0.717, 1.165) is 22.0 Å². The number of H-pyrrole nitrogens is 1. The van der Waals surface area contributed by atoms with Crippen molar-refractivity contribution in [2.45, 2.75) is 32.4 Å². The number of aromatic amines is 1. The van der Waals surface area contributed by atoms with Gasteiger partial charge in [0.15, 0.2) is 0 Å². The number of hydrogen-bond donors (Lipinski definition) is 4. The Kier molecular flexibility index (Phi) is 6.22. The molecule has 0 bridgehead atoms. The van der Waals surface area contributed by atoms with E-state index in [9.17, 15) is 9.59 Å². The van der Waals surface area contributed by atoms with Crippen LogP contribution < -0.4 is 16.2 Å². The summed E-state index contributed by atoms with van der Waals surface area (Å²) < 4.78 is 0. The van der Waals surface area contributed by atoms with Gasteiger partial charge in [0.05, 0.1) is 6.42 Å². The molecule has 0 spiro atoms. The van der Waals surface area contributed by atoms with Crippen molar-refractivity contribution < 1.29 is 9.59 Å². The first-order valence-corrected chi connectivity index (χ1v) is 9.08. The van der Waals surface area contributed by atoms with E-state index in [-0.39, 0.29) is 18.2 Å². The number of carbonyl (C=O) groups is 2. The molecule has 3 aromatic rings. The Labute approximate surface area is 158 Å². The lowest BCUT2D eigenvalue weighted by molar-refractivity contribution is -0.125. The third-order valence-corrected chi connectivity index (χ3v) is 4.45. The topological polar surface area (TPSA) is 86.0 Å². The molecule has 0 saturated carbocycles. The maximum absolute atomic E-state index is 12.3. The van der Waals surface area contributed by atoms with Crippen LogP contribution in [0.2, 0.25) is 0 Å². The molecule has 27 heavy (non-hydrogen) atoms. The van der Waals surface area contributed by atoms with Gasteiger partial charge in [-0.2, -0.15) is 0 Å². The molecule has 0 unspecified atom stereocenters. The van der Waals surface area contributed by atoms with Gasteiger partial charge in [-0.3, -0.25) is 15.0 Å². The van der Waals surface area contributed by atoms with Gasteiger partial charge in [-0.05, 0) is 23.6 Å². The van der Waals surface area contributed by atoms with Crippen LogP contribution in [0.3, 0.4) is 0 Å². The average molecular weight is 364 g/mol. The second kappa shape index (κ2) is 9.00. The Morgan fingerprint density at radius 2 is 1.78 bits per heavy atom. The molecule has 0 radical (unpaired) electrons. The number of hydrogen-bond acceptors (Lipinski definition) is 3. The zero-order valence-corrected chi connectivity index (χ0v) is 15.3. The van der Waals surface area contributed by atoms with Gasteiger partial charge in [0.2, 0.25) is 11.8 Å². The molecule has 140 valence electrons. The number of aromatic nitrogens is 1. The molecule has 2 amide bonds. The number of para-hydroxylation sites is 1. The highest BCUT2D eigenvalue weighted by molar-refractivity contribution is 5.89. The molecule has 0 fully saturated rings. The summed E-state index contributed by atoms with van der Waals surface area (Å²) in [5.74, 6) is -0.331. The molecule has 6 nitrogen and oxygen atoms in total. The normalized spacial score (nSPS) is 11.9. The van der Waals surface area contributed by atoms with Crippen LogP contribution in [0, 0.1) is 0 Å². The molecule has 0 aliphatic carbocycles. The summed E-state index contributed by atoms with van der Waals surface area (Å²) in [5, 5.41) is 3.91. The predicted molar refractivity (Wildman–Crippen MR) is 106 cm³/mol. The SMILES string of the molecule is CC[C@@H](NNC(=O)Cc1c[nH]c2ccccc12)C(=O)NCc1ccccc1. The van der Waals surface area contributed by atoms with E-state index in [1.54, 1.807) is 0 Å². The maximum atomic E-state index is 12.3. The smallest absolute Gasteiger partial charge is 0.239 e. The van der Waals surface area contributed by atoms with Crippen molar-refractivity contribution in [2.75, 3.05) is 0 Å². The summed E-state index contributed by atoms with van der Waals surface area (Å²) in [4.78, 5) is 27.7. The largest absolute Gasteiger partial charge is 0.361 e. The maximum Gasteiger partial charge on any atom is 0.239 e. The van der Waals surface area contributed by atoms with E-state index in [1.807, 2.05) is 67.7 Å². The highest BCUT2D eigenvalue weighted by Gasteiger charge is 2.17. The van der Waals surface area contributed by atoms with Gasteiger partial charge in [0.1, 0.15) is 6.04 Å². The fourth-order valence-corrected chi connectivity index (χ4v) is 2.92. The Bertz CT molecular complexity index is 905. The first-order chi connectivity index (χ1) is 13.2. The summed E-state index contributed by atoms with van der Waals surface area (Å²) in [7, 11) is 0. The highest BCUT2D eigenvalue weighted by Crippen LogP contribution is 2.17. The van der Waals surface area contributed by atoms with Crippen LogP contribution in [0.4, 0.5) is 0 Å². The number of amides is 2. The van der Waals surface area contributed by atoms with Crippen LogP contribution in [-0.4, -0.2) is 22.8 Å². The van der Waals surface area contributed by atoms with Crippen molar-refractivity contribution in [1.82, 2.24) is 21.2 Å². The Morgan fingerprint density at radius 1 is 1.04 bits per heavy atom. The van der Waals surface area contributed by atoms with E-state index >= 15 is 0 Å². The van der Waals surface area contributed by atoms with Crippen LogP contribution in [0.15, 0.2) is 60.8 Å². The summed E-state index contributed by atoms with van der Waals surface area (Å²) >= 11 is 0. The van der Waals surface area contributed by atoms with Gasteiger partial charge in [0.25, 0.3) is 0 Å². The van der Waals surface area contributed by atoms with Gasteiger partial charge < -0.3 is 10.3 Å². The fraction of sp³-hybridized carbons (Fsp3) is 0.238. The van der Waals surface area contributed by atoms with E-state index in [1.165, 1.54) is 0 Å². The number of rotatable bonds is 8. The molecule has 1 atom stereocenters. The van der Waals surface area contributed by atoms with E-state index < -0.39 is 6.04 Å². The van der Waals surface area contributed by atoms with Crippen molar-refractivity contribution in [3.63, 3.8) is 0 Å². The molecule has 2 aromatic carbocycles. The second-order valence-electron chi connectivity index (χ2n) is 6.39. The number of carbonyl (C=O) groups excluding carboxylic acids is 2. The Hall–Kier alpha value is -3.12. The quantitative estimate of drug-likeness (QED) is 0.463. The standard InChI is InChI=1S/C21H24N4O2/c1-2-18(21(27)23-13-15-8-4-3-5-9-15)24-25-20(26)12-16-14-22-19-11-7-6-10-17(16)19/h3-11,14,18,22,24H,2,12-13H2,1H3,(H,23,27)(H,25,26)/t18-/m1/s1. The number of hydrazine groups is 1. The molecule has 0 saturated heterocycles. The number of benzene rings is 2. The molecule has 1 aromatic heterocycles. The zero-order valence-electron chi connectivity index (χ0n) is 15.3. The van der Waals surface area contributed by atoms with Crippen molar-refractivity contribution in [2.24, 2.45) is 0 Å². The van der Waals surface area contributed by atoms with Gasteiger partial charge in [-0.25, -0.2) is 5.43 Å². The Morgan fingerprint density at radius 3 is 2.56 bits per heavy atom. The van der Waals surface area contributed by atoms with Gasteiger partial charge in [-0.15, -0.1) is 0 Å². The summed E-state index contributed by atoms with van der Waals surface area (Å²) in [6.45, 7) is 2.35. The molecule has 6 heteroatoms. The minimum atomic E-state index is -0.486. The van der Waals surface area contributed by atoms with Crippen LogP contribution in [-0.2, 0) is 22.6 Å². The molecule has 4 N–H and O–H groups in total. The Balaban J connectivity index is 1.49. The first-order valence-electron chi connectivity index (χ1n) is 9.08. The van der Waals surface area contributed by atoms with Gasteiger partial charge in [-0.1, -0.05) is 55.5 Å². The van der Waals surface area contributed by atoms with Crippen molar-refractivity contribution >= 4 is 22.7 Å². The highest BCUT2D eigenvalue weighted by atomic mass is 16.2. The molecule has 0 aliphatic heterocycles. The molecule has 3 rings (SSSR count). The third-order valence-electron chi connectivity index (χ3n) is 4.45. The first kappa shape index (κ1) is 18.7. The lowest BCUT2D eigenvalue weighted by atomic mass is 10.1. The van der Waals surface area contributed by atoms with E-state index in [2.05, 4.69) is 21.2 Å². The molecular formula is C21H24N4O2. The van der Waals surface area contributed by atoms with Gasteiger partial charge >= 0.3 is 0 Å². The van der Waals surface area contributed by atoms with E-state index in [0.29, 0.717) is 13.0 Å². The number of fused-ring (bicyclic) bond motifs is 1. The molecule has 1 heterocycles. The lowest BCUT2D eigenvalue weighted by Gasteiger charge is -2.17. The second-order valence-corrected chi connectivity index (χ2v) is 6.39. The average Bonchev–Trinajstić information content (AvgIpc) is 3.10. The minimum absolute atomic E-state index is 0.145. The monoisotopic (exact) mass is 364 g/mol. The van der Waals surface area contributed by atoms with Crippen molar-refractivity contribution in [1.29, 1.82) is 0 Å². The fourth-order valence-electron chi connectivity index (χ4n) is 2.92. The predicted octanol–water partition coefficient (Wildman–Crippen LogP) is 2.43.